The Balaban J connectivity index is 1.69. The quantitative estimate of drug-likeness (QED) is 0.437. The van der Waals surface area contributed by atoms with Crippen LogP contribution in [0.2, 0.25) is 0 Å². The van der Waals surface area contributed by atoms with E-state index in [-0.39, 0.29) is 12.5 Å². The van der Waals surface area contributed by atoms with Crippen LogP contribution in [0.25, 0.3) is 0 Å². The zero-order valence-corrected chi connectivity index (χ0v) is 18.5. The highest BCUT2D eigenvalue weighted by molar-refractivity contribution is 7.14. The van der Waals surface area contributed by atoms with Gasteiger partial charge in [-0.3, -0.25) is 9.69 Å². The van der Waals surface area contributed by atoms with Gasteiger partial charge in [0.1, 0.15) is 6.61 Å². The standard InChI is InChI=1S/C23H24N2O5S/c1-4-28-20-12-11-17(13-21(20)29-5-2)22(27)30-14-18-15-31-23(24-18)25(16(3)26)19-9-7-6-8-10-19/h6-13,15H,4-5,14H2,1-3H3. The molecule has 1 heterocycles. The van der Waals surface area contributed by atoms with Crippen LogP contribution in [0.5, 0.6) is 11.5 Å². The molecule has 0 aliphatic rings. The lowest BCUT2D eigenvalue weighted by molar-refractivity contribution is -0.115. The Labute approximate surface area is 185 Å². The molecule has 162 valence electrons. The summed E-state index contributed by atoms with van der Waals surface area (Å²) in [4.78, 5) is 30.6. The van der Waals surface area contributed by atoms with Gasteiger partial charge in [0.2, 0.25) is 5.91 Å². The summed E-state index contributed by atoms with van der Waals surface area (Å²) in [6.07, 6.45) is 0. The van der Waals surface area contributed by atoms with Gasteiger partial charge in [-0.15, -0.1) is 11.3 Å². The van der Waals surface area contributed by atoms with Crippen LogP contribution in [0.15, 0.2) is 53.9 Å². The molecule has 3 rings (SSSR count). The molecule has 8 heteroatoms. The van der Waals surface area contributed by atoms with Crippen LogP contribution in [-0.4, -0.2) is 30.1 Å². The van der Waals surface area contributed by atoms with Gasteiger partial charge in [-0.05, 0) is 44.2 Å². The van der Waals surface area contributed by atoms with E-state index >= 15 is 0 Å². The van der Waals surface area contributed by atoms with Gasteiger partial charge < -0.3 is 14.2 Å². The lowest BCUT2D eigenvalue weighted by atomic mass is 10.2. The SMILES string of the molecule is CCOc1ccc(C(=O)OCc2csc(N(C(C)=O)c3ccccc3)n2)cc1OCC. The molecule has 0 saturated heterocycles. The number of thiazole rings is 1. The minimum absolute atomic E-state index is 0.00690. The fourth-order valence-corrected chi connectivity index (χ4v) is 3.74. The molecule has 2 aromatic carbocycles. The molecule has 3 aromatic rings. The molecule has 0 aliphatic heterocycles. The zero-order chi connectivity index (χ0) is 22.2. The summed E-state index contributed by atoms with van der Waals surface area (Å²) in [5, 5.41) is 2.29. The van der Waals surface area contributed by atoms with Gasteiger partial charge in [-0.2, -0.15) is 0 Å². The van der Waals surface area contributed by atoms with Gasteiger partial charge in [0, 0.05) is 12.3 Å². The Hall–Kier alpha value is -3.39. The molecule has 0 N–H and O–H groups in total. The van der Waals surface area contributed by atoms with Crippen molar-refractivity contribution in [3.05, 3.63) is 65.2 Å². The van der Waals surface area contributed by atoms with Gasteiger partial charge in [0.25, 0.3) is 0 Å². The summed E-state index contributed by atoms with van der Waals surface area (Å²) in [6, 6.07) is 14.2. The van der Waals surface area contributed by atoms with Crippen molar-refractivity contribution in [2.24, 2.45) is 0 Å². The first-order valence-corrected chi connectivity index (χ1v) is 10.8. The first kappa shape index (κ1) is 22.3. The Morgan fingerprint density at radius 3 is 2.39 bits per heavy atom. The number of ether oxygens (including phenoxy) is 3. The van der Waals surface area contributed by atoms with Crippen molar-refractivity contribution in [2.45, 2.75) is 27.4 Å². The van der Waals surface area contributed by atoms with Crippen molar-refractivity contribution in [3.8, 4) is 11.5 Å². The number of esters is 1. The molecule has 1 aromatic heterocycles. The van der Waals surface area contributed by atoms with Crippen molar-refractivity contribution in [3.63, 3.8) is 0 Å². The molecule has 0 atom stereocenters. The fraction of sp³-hybridized carbons (Fsp3) is 0.261. The monoisotopic (exact) mass is 440 g/mol. The highest BCUT2D eigenvalue weighted by Crippen LogP contribution is 2.30. The minimum Gasteiger partial charge on any atom is -0.490 e. The summed E-state index contributed by atoms with van der Waals surface area (Å²) >= 11 is 1.31. The van der Waals surface area contributed by atoms with Crippen molar-refractivity contribution in [1.29, 1.82) is 0 Å². The largest absolute Gasteiger partial charge is 0.490 e. The Kier molecular flexibility index (Phi) is 7.61. The van der Waals surface area contributed by atoms with Crippen molar-refractivity contribution in [2.75, 3.05) is 18.1 Å². The number of aromatic nitrogens is 1. The Morgan fingerprint density at radius 2 is 1.71 bits per heavy atom. The fourth-order valence-electron chi connectivity index (χ4n) is 2.87. The molecule has 7 nitrogen and oxygen atoms in total. The van der Waals surface area contributed by atoms with E-state index in [1.165, 1.54) is 23.2 Å². The topological polar surface area (TPSA) is 78.0 Å². The molecule has 0 unspecified atom stereocenters. The summed E-state index contributed by atoms with van der Waals surface area (Å²) in [5.41, 5.74) is 1.65. The van der Waals surface area contributed by atoms with E-state index < -0.39 is 5.97 Å². The number of anilines is 2. The van der Waals surface area contributed by atoms with E-state index in [2.05, 4.69) is 4.98 Å². The molecule has 1 amide bonds. The summed E-state index contributed by atoms with van der Waals surface area (Å²) < 4.78 is 16.5. The summed E-state index contributed by atoms with van der Waals surface area (Å²) in [6.45, 7) is 6.17. The smallest absolute Gasteiger partial charge is 0.338 e. The molecule has 0 aliphatic carbocycles. The zero-order valence-electron chi connectivity index (χ0n) is 17.7. The van der Waals surface area contributed by atoms with Crippen LogP contribution in [0.4, 0.5) is 10.8 Å². The molecule has 0 fully saturated rings. The molecule has 0 radical (unpaired) electrons. The maximum absolute atomic E-state index is 12.5. The van der Waals surface area contributed by atoms with E-state index in [0.29, 0.717) is 41.1 Å². The molecule has 31 heavy (non-hydrogen) atoms. The number of carbonyl (C=O) groups is 2. The van der Waals surface area contributed by atoms with Gasteiger partial charge >= 0.3 is 5.97 Å². The second kappa shape index (κ2) is 10.6. The normalized spacial score (nSPS) is 10.4. The number of rotatable bonds is 9. The number of benzene rings is 2. The van der Waals surface area contributed by atoms with Crippen LogP contribution in [0.3, 0.4) is 0 Å². The molecule has 0 saturated carbocycles. The van der Waals surface area contributed by atoms with E-state index in [0.717, 1.165) is 5.69 Å². The van der Waals surface area contributed by atoms with Crippen molar-refractivity contribution < 1.29 is 23.8 Å². The first-order chi connectivity index (χ1) is 15.0. The van der Waals surface area contributed by atoms with Crippen LogP contribution >= 0.6 is 11.3 Å². The molecule has 0 spiro atoms. The number of hydrogen-bond donors (Lipinski definition) is 0. The number of hydrogen-bond acceptors (Lipinski definition) is 7. The lowest BCUT2D eigenvalue weighted by Crippen LogP contribution is -2.22. The molecular weight excluding hydrogens is 416 g/mol. The predicted octanol–water partition coefficient (Wildman–Crippen LogP) is 4.98. The van der Waals surface area contributed by atoms with Gasteiger partial charge in [0.05, 0.1) is 30.2 Å². The number of para-hydroxylation sites is 1. The second-order valence-electron chi connectivity index (χ2n) is 6.42. The number of amides is 1. The highest BCUT2D eigenvalue weighted by atomic mass is 32.1. The lowest BCUT2D eigenvalue weighted by Gasteiger charge is -2.17. The second-order valence-corrected chi connectivity index (χ2v) is 7.25. The van der Waals surface area contributed by atoms with E-state index in [4.69, 9.17) is 14.2 Å². The third kappa shape index (κ3) is 5.61. The minimum atomic E-state index is -0.495. The maximum Gasteiger partial charge on any atom is 0.338 e. The molecular formula is C23H24N2O5S. The maximum atomic E-state index is 12.5. The van der Waals surface area contributed by atoms with Crippen molar-refractivity contribution in [1.82, 2.24) is 4.98 Å². The summed E-state index contributed by atoms with van der Waals surface area (Å²) in [7, 11) is 0. The summed E-state index contributed by atoms with van der Waals surface area (Å²) in [5.74, 6) is 0.428. The third-order valence-electron chi connectivity index (χ3n) is 4.19. The Morgan fingerprint density at radius 1 is 1.00 bits per heavy atom. The highest BCUT2D eigenvalue weighted by Gasteiger charge is 2.19. The average Bonchev–Trinajstić information content (AvgIpc) is 3.22. The van der Waals surface area contributed by atoms with Crippen LogP contribution < -0.4 is 14.4 Å². The van der Waals surface area contributed by atoms with E-state index in [9.17, 15) is 9.59 Å². The van der Waals surface area contributed by atoms with Gasteiger partial charge in [0.15, 0.2) is 16.6 Å². The van der Waals surface area contributed by atoms with Crippen LogP contribution in [0.1, 0.15) is 36.8 Å². The third-order valence-corrected chi connectivity index (χ3v) is 5.07. The Bertz CT molecular complexity index is 1040. The van der Waals surface area contributed by atoms with Gasteiger partial charge in [-0.25, -0.2) is 9.78 Å². The predicted molar refractivity (Wildman–Crippen MR) is 119 cm³/mol. The first-order valence-electron chi connectivity index (χ1n) is 9.90. The number of nitrogens with zero attached hydrogens (tertiary/aromatic N) is 2. The van der Waals surface area contributed by atoms with Crippen LogP contribution in [0, 0.1) is 0 Å². The van der Waals surface area contributed by atoms with E-state index in [1.807, 2.05) is 44.2 Å². The molecule has 0 bridgehead atoms. The van der Waals surface area contributed by atoms with Crippen molar-refractivity contribution >= 4 is 34.0 Å². The average molecular weight is 441 g/mol. The number of carbonyl (C=O) groups excluding carboxylic acids is 2. The van der Waals surface area contributed by atoms with Crippen LogP contribution in [-0.2, 0) is 16.1 Å². The van der Waals surface area contributed by atoms with Gasteiger partial charge in [-0.1, -0.05) is 18.2 Å². The van der Waals surface area contributed by atoms with E-state index in [1.54, 1.807) is 23.6 Å².